The van der Waals surface area contributed by atoms with Gasteiger partial charge >= 0.3 is 0 Å². The summed E-state index contributed by atoms with van der Waals surface area (Å²) in [7, 11) is 0. The number of amides is 1. The molecular formula is C16H32ClN3O. The Kier molecular flexibility index (Phi) is 9.29. The van der Waals surface area contributed by atoms with Crippen LogP contribution in [0.4, 0.5) is 0 Å². The molecule has 1 unspecified atom stereocenters. The maximum atomic E-state index is 12.2. The predicted octanol–water partition coefficient (Wildman–Crippen LogP) is 2.18. The molecule has 0 bridgehead atoms. The summed E-state index contributed by atoms with van der Waals surface area (Å²) in [5.41, 5.74) is 0. The maximum absolute atomic E-state index is 12.2. The summed E-state index contributed by atoms with van der Waals surface area (Å²) in [6.07, 6.45) is 8.41. The van der Waals surface area contributed by atoms with Crippen LogP contribution in [0.1, 0.15) is 51.9 Å². The van der Waals surface area contributed by atoms with E-state index in [0.29, 0.717) is 6.04 Å². The van der Waals surface area contributed by atoms with Crippen LogP contribution in [0.3, 0.4) is 0 Å². The minimum Gasteiger partial charge on any atom is -0.354 e. The first kappa shape index (κ1) is 18.7. The van der Waals surface area contributed by atoms with Gasteiger partial charge in [-0.1, -0.05) is 19.8 Å². The Morgan fingerprint density at radius 3 is 2.71 bits per heavy atom. The summed E-state index contributed by atoms with van der Waals surface area (Å²) in [4.78, 5) is 14.8. The van der Waals surface area contributed by atoms with E-state index in [-0.39, 0.29) is 24.2 Å². The van der Waals surface area contributed by atoms with Crippen LogP contribution in [0.15, 0.2) is 0 Å². The molecule has 5 heteroatoms. The molecule has 2 rings (SSSR count). The van der Waals surface area contributed by atoms with Crippen molar-refractivity contribution in [3.63, 3.8) is 0 Å². The monoisotopic (exact) mass is 317 g/mol. The number of halogens is 1. The third-order valence-corrected chi connectivity index (χ3v) is 4.77. The highest BCUT2D eigenvalue weighted by Crippen LogP contribution is 2.18. The summed E-state index contributed by atoms with van der Waals surface area (Å²) in [6.45, 7) is 7.50. The number of hydrogen-bond donors (Lipinski definition) is 2. The quantitative estimate of drug-likeness (QED) is 0.789. The summed E-state index contributed by atoms with van der Waals surface area (Å²) in [5, 5.41) is 6.54. The third-order valence-electron chi connectivity index (χ3n) is 4.77. The van der Waals surface area contributed by atoms with E-state index in [9.17, 15) is 4.79 Å². The number of likely N-dealkylation sites (tertiary alicyclic amines) is 1. The standard InChI is InChI=1S/C16H31N3O.ClH/c1-2-3-11-19-12-5-4-6-15(19)13-18-16(20)14-7-9-17-10-8-14;/h14-15,17H,2-13H2,1H3,(H,18,20);1H. The number of piperidine rings is 2. The van der Waals surface area contributed by atoms with Crippen LogP contribution < -0.4 is 10.6 Å². The Morgan fingerprint density at radius 1 is 1.24 bits per heavy atom. The van der Waals surface area contributed by atoms with E-state index in [0.717, 1.165) is 32.5 Å². The number of unbranched alkanes of at least 4 members (excludes halogenated alkanes) is 1. The fraction of sp³-hybridized carbons (Fsp3) is 0.938. The molecule has 4 nitrogen and oxygen atoms in total. The van der Waals surface area contributed by atoms with E-state index in [1.54, 1.807) is 0 Å². The van der Waals surface area contributed by atoms with Gasteiger partial charge in [0.1, 0.15) is 0 Å². The van der Waals surface area contributed by atoms with Gasteiger partial charge in [0.15, 0.2) is 0 Å². The summed E-state index contributed by atoms with van der Waals surface area (Å²) >= 11 is 0. The second-order valence-corrected chi connectivity index (χ2v) is 6.31. The van der Waals surface area contributed by atoms with Gasteiger partial charge in [0.05, 0.1) is 0 Å². The van der Waals surface area contributed by atoms with Gasteiger partial charge in [-0.2, -0.15) is 0 Å². The first-order valence-corrected chi connectivity index (χ1v) is 8.53. The van der Waals surface area contributed by atoms with Crippen LogP contribution in [0.25, 0.3) is 0 Å². The molecule has 124 valence electrons. The molecular weight excluding hydrogens is 286 g/mol. The van der Waals surface area contributed by atoms with Crippen molar-refractivity contribution < 1.29 is 4.79 Å². The topological polar surface area (TPSA) is 44.4 Å². The second-order valence-electron chi connectivity index (χ2n) is 6.31. The van der Waals surface area contributed by atoms with E-state index >= 15 is 0 Å². The van der Waals surface area contributed by atoms with Crippen LogP contribution in [0.5, 0.6) is 0 Å². The van der Waals surface area contributed by atoms with E-state index in [1.807, 2.05) is 0 Å². The van der Waals surface area contributed by atoms with Gasteiger partial charge in [-0.3, -0.25) is 9.69 Å². The van der Waals surface area contributed by atoms with Crippen molar-refractivity contribution in [2.24, 2.45) is 5.92 Å². The average molecular weight is 318 g/mol. The fourth-order valence-corrected chi connectivity index (χ4v) is 3.39. The second kappa shape index (κ2) is 10.4. The highest BCUT2D eigenvalue weighted by atomic mass is 35.5. The van der Waals surface area contributed by atoms with E-state index < -0.39 is 0 Å². The Labute approximate surface area is 135 Å². The SMILES string of the molecule is CCCCN1CCCCC1CNC(=O)C1CCNCC1.Cl. The number of carbonyl (C=O) groups excluding carboxylic acids is 1. The molecule has 1 atom stereocenters. The van der Waals surface area contributed by atoms with Crippen LogP contribution in [-0.4, -0.2) is 49.6 Å². The van der Waals surface area contributed by atoms with Gasteiger partial charge in [0, 0.05) is 18.5 Å². The normalized spacial score (nSPS) is 24.3. The Morgan fingerprint density at radius 2 is 2.00 bits per heavy atom. The van der Waals surface area contributed by atoms with E-state index in [2.05, 4.69) is 22.5 Å². The number of rotatable bonds is 6. The highest BCUT2D eigenvalue weighted by Gasteiger charge is 2.25. The number of nitrogens with one attached hydrogen (secondary N) is 2. The predicted molar refractivity (Wildman–Crippen MR) is 90.0 cm³/mol. The highest BCUT2D eigenvalue weighted by molar-refractivity contribution is 5.85. The summed E-state index contributed by atoms with van der Waals surface area (Å²) in [5.74, 6) is 0.524. The van der Waals surface area contributed by atoms with Crippen molar-refractivity contribution in [1.29, 1.82) is 0 Å². The molecule has 0 radical (unpaired) electrons. The smallest absolute Gasteiger partial charge is 0.223 e. The molecule has 2 heterocycles. The first-order chi connectivity index (χ1) is 9.81. The zero-order valence-electron chi connectivity index (χ0n) is 13.4. The van der Waals surface area contributed by atoms with Crippen LogP contribution >= 0.6 is 12.4 Å². The van der Waals surface area contributed by atoms with Crippen molar-refractivity contribution in [1.82, 2.24) is 15.5 Å². The van der Waals surface area contributed by atoms with Crippen molar-refractivity contribution in [3.05, 3.63) is 0 Å². The Hall–Kier alpha value is -0.320. The zero-order valence-corrected chi connectivity index (χ0v) is 14.2. The van der Waals surface area contributed by atoms with Crippen LogP contribution in [0.2, 0.25) is 0 Å². The minimum atomic E-state index is 0. The molecule has 2 aliphatic rings. The molecule has 0 saturated carbocycles. The molecule has 0 spiro atoms. The molecule has 2 fully saturated rings. The number of nitrogens with zero attached hydrogens (tertiary/aromatic N) is 1. The van der Waals surface area contributed by atoms with Gasteiger partial charge in [-0.05, 0) is 58.3 Å². The van der Waals surface area contributed by atoms with Crippen molar-refractivity contribution in [2.75, 3.05) is 32.7 Å². The average Bonchev–Trinajstić information content (AvgIpc) is 2.52. The van der Waals surface area contributed by atoms with Crippen molar-refractivity contribution in [2.45, 2.75) is 57.9 Å². The third kappa shape index (κ3) is 6.13. The van der Waals surface area contributed by atoms with Gasteiger partial charge in [0.2, 0.25) is 5.91 Å². The zero-order chi connectivity index (χ0) is 14.2. The molecule has 21 heavy (non-hydrogen) atoms. The lowest BCUT2D eigenvalue weighted by Crippen LogP contribution is -2.48. The molecule has 2 N–H and O–H groups in total. The Balaban J connectivity index is 0.00000220. The Bertz CT molecular complexity index is 295. The lowest BCUT2D eigenvalue weighted by molar-refractivity contribution is -0.126. The molecule has 0 aromatic rings. The molecule has 0 aliphatic carbocycles. The first-order valence-electron chi connectivity index (χ1n) is 8.53. The minimum absolute atomic E-state index is 0. The fourth-order valence-electron chi connectivity index (χ4n) is 3.39. The molecule has 0 aromatic heterocycles. The van der Waals surface area contributed by atoms with E-state index in [4.69, 9.17) is 0 Å². The molecule has 0 aromatic carbocycles. The van der Waals surface area contributed by atoms with Crippen molar-refractivity contribution in [3.8, 4) is 0 Å². The number of hydrogen-bond acceptors (Lipinski definition) is 3. The lowest BCUT2D eigenvalue weighted by atomic mass is 9.96. The van der Waals surface area contributed by atoms with Gasteiger partial charge in [-0.15, -0.1) is 12.4 Å². The van der Waals surface area contributed by atoms with Crippen LogP contribution in [-0.2, 0) is 4.79 Å². The number of carbonyl (C=O) groups is 1. The van der Waals surface area contributed by atoms with E-state index in [1.165, 1.54) is 45.2 Å². The van der Waals surface area contributed by atoms with Crippen molar-refractivity contribution >= 4 is 18.3 Å². The molecule has 2 saturated heterocycles. The molecule has 1 amide bonds. The van der Waals surface area contributed by atoms with Gasteiger partial charge in [-0.25, -0.2) is 0 Å². The van der Waals surface area contributed by atoms with Gasteiger partial charge < -0.3 is 10.6 Å². The van der Waals surface area contributed by atoms with Gasteiger partial charge in [0.25, 0.3) is 0 Å². The maximum Gasteiger partial charge on any atom is 0.223 e. The summed E-state index contributed by atoms with van der Waals surface area (Å²) < 4.78 is 0. The lowest BCUT2D eigenvalue weighted by Gasteiger charge is -2.36. The van der Waals surface area contributed by atoms with Crippen LogP contribution in [0, 0.1) is 5.92 Å². The molecule has 2 aliphatic heterocycles. The summed E-state index contributed by atoms with van der Waals surface area (Å²) in [6, 6.07) is 0.570. The largest absolute Gasteiger partial charge is 0.354 e.